The van der Waals surface area contributed by atoms with Crippen LogP contribution in [-0.4, -0.2) is 60.0 Å². The van der Waals surface area contributed by atoms with Crippen molar-refractivity contribution in [2.45, 2.75) is 78.6 Å². The maximum absolute atomic E-state index is 15.6. The lowest BCUT2D eigenvalue weighted by molar-refractivity contribution is -0.204. The predicted octanol–water partition coefficient (Wildman–Crippen LogP) is 2.95. The first-order chi connectivity index (χ1) is 18.3. The molecule has 0 saturated heterocycles. The first-order valence-electron chi connectivity index (χ1n) is 14.0. The average molecular weight is 546 g/mol. The van der Waals surface area contributed by atoms with Gasteiger partial charge in [0.25, 0.3) is 0 Å². The van der Waals surface area contributed by atoms with Crippen molar-refractivity contribution in [2.24, 2.45) is 39.9 Å². The molecule has 39 heavy (non-hydrogen) atoms. The summed E-state index contributed by atoms with van der Waals surface area (Å²) in [5, 5.41) is 32.6. The Balaban J connectivity index is 1.67. The number of aliphatic carboxylic acids is 1. The molecule has 3 N–H and O–H groups in total. The zero-order chi connectivity index (χ0) is 28.5. The molecule has 5 rings (SSSR count). The number of aliphatic hydroxyl groups excluding tert-OH is 1. The van der Waals surface area contributed by atoms with E-state index in [4.69, 9.17) is 14.1 Å². The molecule has 0 amide bonds. The van der Waals surface area contributed by atoms with Gasteiger partial charge in [0.05, 0.1) is 19.3 Å². The van der Waals surface area contributed by atoms with E-state index in [1.807, 2.05) is 20.8 Å². The number of carbonyl (C=O) groups excluding carboxylic acids is 1. The van der Waals surface area contributed by atoms with Crippen LogP contribution in [0.5, 0.6) is 5.75 Å². The molecule has 1 unspecified atom stereocenters. The number of benzene rings is 1. The second-order valence-electron chi connectivity index (χ2n) is 13.1. The lowest BCUT2D eigenvalue weighted by Crippen LogP contribution is -2.64. The molecule has 214 valence electrons. The van der Waals surface area contributed by atoms with E-state index in [-0.39, 0.29) is 48.5 Å². The fourth-order valence-electron chi connectivity index (χ4n) is 9.04. The van der Waals surface area contributed by atoms with Crippen molar-refractivity contribution in [3.8, 4) is 5.75 Å². The van der Waals surface area contributed by atoms with Crippen LogP contribution in [0.2, 0.25) is 0 Å². The molecule has 3 fully saturated rings. The molecule has 1 aromatic carbocycles. The lowest BCUT2D eigenvalue weighted by Gasteiger charge is -2.63. The highest BCUT2D eigenvalue weighted by Crippen LogP contribution is 2.69. The smallest absolute Gasteiger partial charge is 0.478 e. The summed E-state index contributed by atoms with van der Waals surface area (Å²) in [6, 6.07) is 2.94. The summed E-state index contributed by atoms with van der Waals surface area (Å²) in [6.07, 6.45) is 0.482. The summed E-state index contributed by atoms with van der Waals surface area (Å²) in [7, 11) is 0.0997. The summed E-state index contributed by atoms with van der Waals surface area (Å²) in [6.45, 7) is 8.26. The van der Waals surface area contributed by atoms with E-state index in [1.165, 1.54) is 6.07 Å². The summed E-state index contributed by atoms with van der Waals surface area (Å²) in [5.41, 5.74) is -1.66. The van der Waals surface area contributed by atoms with Crippen molar-refractivity contribution in [2.75, 3.05) is 13.7 Å². The van der Waals surface area contributed by atoms with Gasteiger partial charge < -0.3 is 29.4 Å². The number of fused-ring (bicyclic) bond motifs is 1. The topological polar surface area (TPSA) is 123 Å². The van der Waals surface area contributed by atoms with Gasteiger partial charge in [0.15, 0.2) is 17.7 Å². The Morgan fingerprint density at radius 1 is 1.28 bits per heavy atom. The van der Waals surface area contributed by atoms with Crippen LogP contribution in [0.15, 0.2) is 12.1 Å². The molecule has 10 heteroatoms. The molecule has 1 heterocycles. The summed E-state index contributed by atoms with van der Waals surface area (Å²) in [4.78, 5) is 26.7. The minimum atomic E-state index is -1.51. The molecule has 3 aliphatic carbocycles. The van der Waals surface area contributed by atoms with E-state index in [2.05, 4.69) is 6.92 Å². The second-order valence-corrected chi connectivity index (χ2v) is 13.1. The molecular weight excluding hydrogens is 506 g/mol. The number of hydrogen-bond acceptors (Lipinski definition) is 7. The van der Waals surface area contributed by atoms with Gasteiger partial charge in [-0.3, -0.25) is 4.79 Å². The van der Waals surface area contributed by atoms with Crippen molar-refractivity contribution in [1.29, 1.82) is 0 Å². The number of ether oxygens (including phenoxy) is 2. The van der Waals surface area contributed by atoms with Crippen molar-refractivity contribution in [3.05, 3.63) is 23.5 Å². The van der Waals surface area contributed by atoms with Gasteiger partial charge in [-0.2, -0.15) is 0 Å². The fraction of sp³-hybridized carbons (Fsp3) is 0.724. The Hall–Kier alpha value is -2.01. The maximum atomic E-state index is 15.6. The predicted molar refractivity (Wildman–Crippen MR) is 141 cm³/mol. The highest BCUT2D eigenvalue weighted by Gasteiger charge is 2.69. The van der Waals surface area contributed by atoms with Crippen LogP contribution in [0, 0.1) is 45.7 Å². The van der Waals surface area contributed by atoms with Crippen LogP contribution in [0.4, 0.5) is 4.39 Å². The molecular formula is C29H40BFO8. The number of methoxy groups -OCH3 is 1. The fourth-order valence-corrected chi connectivity index (χ4v) is 9.04. The highest BCUT2D eigenvalue weighted by molar-refractivity contribution is 6.61. The van der Waals surface area contributed by atoms with Gasteiger partial charge >= 0.3 is 13.1 Å². The third kappa shape index (κ3) is 4.08. The number of rotatable bonds is 6. The first kappa shape index (κ1) is 28.5. The van der Waals surface area contributed by atoms with Crippen LogP contribution in [0.1, 0.15) is 65.4 Å². The zero-order valence-electron chi connectivity index (χ0n) is 23.4. The van der Waals surface area contributed by atoms with Crippen molar-refractivity contribution in [1.82, 2.24) is 0 Å². The van der Waals surface area contributed by atoms with Crippen LogP contribution in [-0.2, 0) is 25.6 Å². The van der Waals surface area contributed by atoms with Gasteiger partial charge in [-0.05, 0) is 60.0 Å². The third-order valence-electron chi connectivity index (χ3n) is 11.3. The van der Waals surface area contributed by atoms with Gasteiger partial charge in [0.1, 0.15) is 5.78 Å². The van der Waals surface area contributed by atoms with Gasteiger partial charge in [0, 0.05) is 36.2 Å². The SMILES string of the molecule is COC[C@]1(C)C[C@@H](C(Oc2ccc3c(c2F)B(O)OC3)C(=O)O)[C@@]2(C)[C@H](C)CC[C@]3(CCC(=O)[C@H]32)[C@@H](C)[C@@H]1O. The lowest BCUT2D eigenvalue weighted by atomic mass is 9.41. The van der Waals surface area contributed by atoms with E-state index in [9.17, 15) is 24.8 Å². The molecule has 2 bridgehead atoms. The zero-order valence-corrected chi connectivity index (χ0v) is 23.4. The minimum absolute atomic E-state index is 0.0116. The second kappa shape index (κ2) is 9.82. The van der Waals surface area contributed by atoms with E-state index < -0.39 is 59.2 Å². The highest BCUT2D eigenvalue weighted by atomic mass is 19.1. The number of carboxylic acids is 1. The Bertz CT molecular complexity index is 1160. The largest absolute Gasteiger partial charge is 0.494 e. The van der Waals surface area contributed by atoms with E-state index in [1.54, 1.807) is 13.2 Å². The van der Waals surface area contributed by atoms with E-state index in [0.717, 1.165) is 12.8 Å². The molecule has 4 aliphatic rings. The van der Waals surface area contributed by atoms with Crippen molar-refractivity contribution in [3.63, 3.8) is 0 Å². The Morgan fingerprint density at radius 2 is 2.00 bits per heavy atom. The molecule has 0 aromatic heterocycles. The van der Waals surface area contributed by atoms with Gasteiger partial charge in [-0.1, -0.05) is 33.8 Å². The summed E-state index contributed by atoms with van der Waals surface area (Å²) < 4.78 is 32.4. The molecule has 8 nitrogen and oxygen atoms in total. The molecule has 1 aliphatic heterocycles. The molecule has 1 aromatic rings. The van der Waals surface area contributed by atoms with Crippen LogP contribution >= 0.6 is 0 Å². The van der Waals surface area contributed by atoms with Crippen LogP contribution < -0.4 is 10.2 Å². The van der Waals surface area contributed by atoms with Crippen LogP contribution in [0.3, 0.4) is 0 Å². The quantitative estimate of drug-likeness (QED) is 0.466. The number of aliphatic hydroxyl groups is 1. The Labute approximate surface area is 229 Å². The normalized spacial score (nSPS) is 40.5. The third-order valence-corrected chi connectivity index (χ3v) is 11.3. The number of halogens is 1. The Kier molecular flexibility index (Phi) is 7.18. The van der Waals surface area contributed by atoms with E-state index >= 15 is 4.39 Å². The summed E-state index contributed by atoms with van der Waals surface area (Å²) >= 11 is 0. The van der Waals surface area contributed by atoms with Crippen molar-refractivity contribution < 1.29 is 43.3 Å². The molecule has 0 spiro atoms. The number of carboxylic acid groups (broad SMARTS) is 1. The first-order valence-corrected chi connectivity index (χ1v) is 14.0. The van der Waals surface area contributed by atoms with Gasteiger partial charge in [-0.15, -0.1) is 0 Å². The number of ketones is 1. The molecule has 0 radical (unpaired) electrons. The number of Topliss-reactive ketones (excluding diaryl/α,β-unsaturated/α-hetero) is 1. The standard InChI is InChI=1S/C29H40BFO8/c1-15-8-10-29-11-9-19(32)24(29)28(15,4)18(12-27(3,14-37-5)25(33)16(29)2)23(26(34)35)39-20-7-6-17-13-38-30(36)21(17)22(20)31/h6-7,15-16,18,23-25,33,36H,8-14H2,1-5H3,(H,34,35)/t15-,16+,18+,23?,24+,25+,27+,28-,29+/m1/s1. The molecule has 3 saturated carbocycles. The number of carbonyl (C=O) groups is 2. The van der Waals surface area contributed by atoms with Gasteiger partial charge in [0.2, 0.25) is 0 Å². The van der Waals surface area contributed by atoms with Crippen molar-refractivity contribution >= 4 is 24.3 Å². The molecule has 9 atom stereocenters. The number of hydrogen-bond donors (Lipinski definition) is 3. The summed E-state index contributed by atoms with van der Waals surface area (Å²) in [5.74, 6) is -3.69. The van der Waals surface area contributed by atoms with Crippen LogP contribution in [0.25, 0.3) is 0 Å². The van der Waals surface area contributed by atoms with Gasteiger partial charge in [-0.25, -0.2) is 9.18 Å². The average Bonchev–Trinajstić information content (AvgIpc) is 3.44. The monoisotopic (exact) mass is 546 g/mol. The Morgan fingerprint density at radius 3 is 2.67 bits per heavy atom. The van der Waals surface area contributed by atoms with E-state index in [0.29, 0.717) is 18.4 Å². The maximum Gasteiger partial charge on any atom is 0.494 e. The minimum Gasteiger partial charge on any atom is -0.478 e.